The van der Waals surface area contributed by atoms with Gasteiger partial charge < -0.3 is 10.6 Å². The second kappa shape index (κ2) is 8.08. The zero-order valence-electron chi connectivity index (χ0n) is 14.2. The highest BCUT2D eigenvalue weighted by Gasteiger charge is 2.23. The lowest BCUT2D eigenvalue weighted by atomic mass is 10.1. The number of carbonyl (C=O) groups is 2. The van der Waals surface area contributed by atoms with Crippen LogP contribution < -0.4 is 10.6 Å². The van der Waals surface area contributed by atoms with Gasteiger partial charge in [-0.3, -0.25) is 9.59 Å². The molecule has 1 unspecified atom stereocenters. The van der Waals surface area contributed by atoms with E-state index >= 15 is 0 Å². The highest BCUT2D eigenvalue weighted by atomic mass is 19.1. The number of hydrogen-bond donors (Lipinski definition) is 2. The average molecular weight is 358 g/mol. The smallest absolute Gasteiger partial charge is 0.254 e. The zero-order valence-corrected chi connectivity index (χ0v) is 14.2. The summed E-state index contributed by atoms with van der Waals surface area (Å²) in [4.78, 5) is 24.0. The largest absolute Gasteiger partial charge is 0.352 e. The third-order valence-electron chi connectivity index (χ3n) is 4.51. The van der Waals surface area contributed by atoms with Crippen molar-refractivity contribution in [2.75, 3.05) is 6.54 Å². The molecule has 2 N–H and O–H groups in total. The summed E-state index contributed by atoms with van der Waals surface area (Å²) < 4.78 is 26.4. The Kier molecular flexibility index (Phi) is 5.61. The fraction of sp³-hybridized carbons (Fsp3) is 0.300. The molecular weight excluding hydrogens is 338 g/mol. The third kappa shape index (κ3) is 4.25. The van der Waals surface area contributed by atoms with Crippen LogP contribution in [0.4, 0.5) is 8.78 Å². The van der Waals surface area contributed by atoms with Crippen molar-refractivity contribution in [3.05, 3.63) is 70.8 Å². The minimum atomic E-state index is -0.903. The second-order valence-corrected chi connectivity index (χ2v) is 6.34. The van der Waals surface area contributed by atoms with Crippen molar-refractivity contribution in [1.82, 2.24) is 10.6 Å². The van der Waals surface area contributed by atoms with Crippen LogP contribution in [0.3, 0.4) is 0 Å². The molecule has 0 saturated heterocycles. The predicted octanol–water partition coefficient (Wildman–Crippen LogP) is 3.28. The Morgan fingerprint density at radius 2 is 1.92 bits per heavy atom. The van der Waals surface area contributed by atoms with Crippen LogP contribution in [0.15, 0.2) is 42.5 Å². The quantitative estimate of drug-likeness (QED) is 0.779. The molecule has 4 nitrogen and oxygen atoms in total. The number of nitrogens with one attached hydrogen (secondary N) is 2. The van der Waals surface area contributed by atoms with Gasteiger partial charge in [0.05, 0.1) is 11.6 Å². The zero-order chi connectivity index (χ0) is 18.5. The molecule has 0 bridgehead atoms. The molecule has 2 amide bonds. The highest BCUT2D eigenvalue weighted by molar-refractivity contribution is 5.94. The second-order valence-electron chi connectivity index (χ2n) is 6.34. The van der Waals surface area contributed by atoms with Gasteiger partial charge in [-0.25, -0.2) is 8.78 Å². The number of hydrogen-bond acceptors (Lipinski definition) is 2. The SMILES string of the molecule is O=C(CCCNC(=O)c1ccc(F)cc1F)NC1CCc2ccccc21. The van der Waals surface area contributed by atoms with Crippen molar-refractivity contribution in [3.8, 4) is 0 Å². The Hall–Kier alpha value is -2.76. The first-order valence-corrected chi connectivity index (χ1v) is 8.65. The van der Waals surface area contributed by atoms with Crippen LogP contribution in [0.5, 0.6) is 0 Å². The van der Waals surface area contributed by atoms with Crippen molar-refractivity contribution in [2.45, 2.75) is 31.7 Å². The summed E-state index contributed by atoms with van der Waals surface area (Å²) in [5.74, 6) is -2.33. The first-order valence-electron chi connectivity index (χ1n) is 8.65. The average Bonchev–Trinajstić information content (AvgIpc) is 3.01. The number of fused-ring (bicyclic) bond motifs is 1. The van der Waals surface area contributed by atoms with Crippen LogP contribution >= 0.6 is 0 Å². The molecule has 0 heterocycles. The Labute approximate surface area is 150 Å². The lowest BCUT2D eigenvalue weighted by Crippen LogP contribution is -2.29. The van der Waals surface area contributed by atoms with Gasteiger partial charge in [0.15, 0.2) is 0 Å². The number of benzene rings is 2. The van der Waals surface area contributed by atoms with Crippen molar-refractivity contribution in [3.63, 3.8) is 0 Å². The van der Waals surface area contributed by atoms with Gasteiger partial charge in [-0.15, -0.1) is 0 Å². The summed E-state index contributed by atoms with van der Waals surface area (Å²) in [5, 5.41) is 5.56. The Morgan fingerprint density at radius 1 is 1.12 bits per heavy atom. The van der Waals surface area contributed by atoms with E-state index in [0.717, 1.165) is 25.0 Å². The number of halogens is 2. The van der Waals surface area contributed by atoms with Crippen LogP contribution in [-0.2, 0) is 11.2 Å². The van der Waals surface area contributed by atoms with Gasteiger partial charge in [0.2, 0.25) is 5.91 Å². The standard InChI is InChI=1S/C20H20F2N2O2/c21-14-8-9-16(17(22)12-14)20(26)23-11-3-6-19(25)24-18-10-7-13-4-1-2-5-15(13)18/h1-2,4-5,8-9,12,18H,3,6-7,10-11H2,(H,23,26)(H,24,25). The lowest BCUT2D eigenvalue weighted by Gasteiger charge is -2.14. The molecule has 1 atom stereocenters. The van der Waals surface area contributed by atoms with E-state index in [-0.39, 0.29) is 30.5 Å². The first-order chi connectivity index (χ1) is 12.5. The molecule has 1 aliphatic rings. The van der Waals surface area contributed by atoms with Crippen LogP contribution in [0.2, 0.25) is 0 Å². The fourth-order valence-corrected chi connectivity index (χ4v) is 3.19. The van der Waals surface area contributed by atoms with Gasteiger partial charge in [0.25, 0.3) is 5.91 Å². The molecule has 1 aliphatic carbocycles. The molecule has 2 aromatic carbocycles. The molecule has 3 rings (SSSR count). The predicted molar refractivity (Wildman–Crippen MR) is 93.6 cm³/mol. The van der Waals surface area contributed by atoms with Gasteiger partial charge in [-0.1, -0.05) is 24.3 Å². The van der Waals surface area contributed by atoms with Crippen molar-refractivity contribution in [1.29, 1.82) is 0 Å². The van der Waals surface area contributed by atoms with Crippen molar-refractivity contribution in [2.24, 2.45) is 0 Å². The van der Waals surface area contributed by atoms with Crippen LogP contribution in [0, 0.1) is 11.6 Å². The Morgan fingerprint density at radius 3 is 2.73 bits per heavy atom. The van der Waals surface area contributed by atoms with E-state index in [9.17, 15) is 18.4 Å². The first kappa shape index (κ1) is 18.0. The maximum Gasteiger partial charge on any atom is 0.254 e. The van der Waals surface area contributed by atoms with Crippen LogP contribution in [0.25, 0.3) is 0 Å². The molecule has 6 heteroatoms. The monoisotopic (exact) mass is 358 g/mol. The Bertz CT molecular complexity index is 823. The molecule has 0 aliphatic heterocycles. The van der Waals surface area contributed by atoms with Gasteiger partial charge >= 0.3 is 0 Å². The van der Waals surface area contributed by atoms with Gasteiger partial charge in [-0.05, 0) is 42.5 Å². The fourth-order valence-electron chi connectivity index (χ4n) is 3.19. The molecule has 136 valence electrons. The summed E-state index contributed by atoms with van der Waals surface area (Å²) in [6, 6.07) is 10.9. The van der Waals surface area contributed by atoms with Gasteiger partial charge in [-0.2, -0.15) is 0 Å². The maximum absolute atomic E-state index is 13.5. The van der Waals surface area contributed by atoms with Crippen molar-refractivity contribution >= 4 is 11.8 Å². The van der Waals surface area contributed by atoms with E-state index in [2.05, 4.69) is 16.7 Å². The third-order valence-corrected chi connectivity index (χ3v) is 4.51. The Balaban J connectivity index is 1.41. The summed E-state index contributed by atoms with van der Waals surface area (Å²) in [7, 11) is 0. The molecule has 0 saturated carbocycles. The molecule has 0 spiro atoms. The van der Waals surface area contributed by atoms with E-state index in [4.69, 9.17) is 0 Å². The normalized spacial score (nSPS) is 15.4. The number of carbonyl (C=O) groups excluding carboxylic acids is 2. The van der Waals surface area contributed by atoms with E-state index in [0.29, 0.717) is 12.5 Å². The number of aryl methyl sites for hydroxylation is 1. The van der Waals surface area contributed by atoms with Gasteiger partial charge in [0, 0.05) is 19.0 Å². The van der Waals surface area contributed by atoms with E-state index in [1.54, 1.807) is 0 Å². The summed E-state index contributed by atoms with van der Waals surface area (Å²) in [6.45, 7) is 0.240. The summed E-state index contributed by atoms with van der Waals surface area (Å²) in [6.07, 6.45) is 2.56. The van der Waals surface area contributed by atoms with Crippen LogP contribution in [0.1, 0.15) is 46.8 Å². The highest BCUT2D eigenvalue weighted by Crippen LogP contribution is 2.30. The van der Waals surface area contributed by atoms with E-state index < -0.39 is 17.5 Å². The minimum Gasteiger partial charge on any atom is -0.352 e. The summed E-state index contributed by atoms with van der Waals surface area (Å²) in [5.41, 5.74) is 2.23. The van der Waals surface area contributed by atoms with E-state index in [1.165, 1.54) is 11.1 Å². The maximum atomic E-state index is 13.5. The molecule has 2 aromatic rings. The van der Waals surface area contributed by atoms with Crippen molar-refractivity contribution < 1.29 is 18.4 Å². The molecule has 0 aromatic heterocycles. The molecular formula is C20H20F2N2O2. The number of rotatable bonds is 6. The summed E-state index contributed by atoms with van der Waals surface area (Å²) >= 11 is 0. The molecule has 0 fully saturated rings. The van der Waals surface area contributed by atoms with Gasteiger partial charge in [0.1, 0.15) is 11.6 Å². The van der Waals surface area contributed by atoms with E-state index in [1.807, 2.05) is 18.2 Å². The lowest BCUT2D eigenvalue weighted by molar-refractivity contribution is -0.121. The minimum absolute atomic E-state index is 0.0432. The van der Waals surface area contributed by atoms with Crippen LogP contribution in [-0.4, -0.2) is 18.4 Å². The molecule has 26 heavy (non-hydrogen) atoms. The number of amides is 2. The topological polar surface area (TPSA) is 58.2 Å². The molecule has 0 radical (unpaired) electrons.